The van der Waals surface area contributed by atoms with Gasteiger partial charge in [0, 0.05) is 11.9 Å². The lowest BCUT2D eigenvalue weighted by Gasteiger charge is -2.09. The number of aryl methyl sites for hydroxylation is 2. The van der Waals surface area contributed by atoms with Gasteiger partial charge in [-0.15, -0.1) is 21.5 Å². The molecule has 2 N–H and O–H groups in total. The minimum atomic E-state index is -0.375. The molecule has 0 aliphatic carbocycles. The van der Waals surface area contributed by atoms with Crippen LogP contribution in [0.2, 0.25) is 0 Å². The van der Waals surface area contributed by atoms with Gasteiger partial charge in [-0.05, 0) is 37.1 Å². The summed E-state index contributed by atoms with van der Waals surface area (Å²) in [6.45, 7) is 2.72. The third kappa shape index (κ3) is 4.42. The monoisotopic (exact) mass is 474 g/mol. The van der Waals surface area contributed by atoms with Crippen LogP contribution in [-0.4, -0.2) is 36.2 Å². The standard InChI is InChI=1S/C24H22N6OS2/c1-16-19-14-20(33-23(19)30(28-16)18-10-6-3-7-11-18)22-26-27-24(32-15-21(25)31)29(22)13-12-17-8-4-2-5-9-17/h2-11,14H,12-13,15H2,1H3,(H2,25,31). The van der Waals surface area contributed by atoms with Crippen LogP contribution in [0.3, 0.4) is 0 Å². The topological polar surface area (TPSA) is 91.6 Å². The largest absolute Gasteiger partial charge is 0.369 e. The first-order chi connectivity index (χ1) is 16.1. The van der Waals surface area contributed by atoms with Crippen molar-refractivity contribution in [3.8, 4) is 16.4 Å². The lowest BCUT2D eigenvalue weighted by molar-refractivity contribution is -0.115. The first-order valence-corrected chi connectivity index (χ1v) is 12.3. The zero-order valence-electron chi connectivity index (χ0n) is 18.0. The molecular weight excluding hydrogens is 452 g/mol. The molecule has 166 valence electrons. The molecule has 0 aliphatic rings. The van der Waals surface area contributed by atoms with Crippen LogP contribution in [0.5, 0.6) is 0 Å². The second-order valence-electron chi connectivity index (χ2n) is 7.61. The van der Waals surface area contributed by atoms with E-state index in [2.05, 4.69) is 33.0 Å². The summed E-state index contributed by atoms with van der Waals surface area (Å²) >= 11 is 2.96. The van der Waals surface area contributed by atoms with Crippen LogP contribution < -0.4 is 5.73 Å². The molecular formula is C24H22N6OS2. The Morgan fingerprint density at radius 1 is 1.06 bits per heavy atom. The van der Waals surface area contributed by atoms with Crippen LogP contribution >= 0.6 is 23.1 Å². The number of amides is 1. The number of para-hydroxylation sites is 1. The number of aromatic nitrogens is 5. The van der Waals surface area contributed by atoms with Gasteiger partial charge in [0.2, 0.25) is 5.91 Å². The minimum Gasteiger partial charge on any atom is -0.369 e. The van der Waals surface area contributed by atoms with Gasteiger partial charge in [0.25, 0.3) is 0 Å². The number of nitrogens with two attached hydrogens (primary N) is 1. The van der Waals surface area contributed by atoms with E-state index in [4.69, 9.17) is 10.8 Å². The number of rotatable bonds is 8. The van der Waals surface area contributed by atoms with E-state index in [-0.39, 0.29) is 11.7 Å². The predicted octanol–water partition coefficient (Wildman–Crippen LogP) is 4.47. The van der Waals surface area contributed by atoms with E-state index in [9.17, 15) is 4.79 Å². The van der Waals surface area contributed by atoms with Crippen molar-refractivity contribution in [2.24, 2.45) is 5.73 Å². The van der Waals surface area contributed by atoms with Crippen molar-refractivity contribution in [2.75, 3.05) is 5.75 Å². The molecule has 0 fully saturated rings. The van der Waals surface area contributed by atoms with Crippen LogP contribution in [-0.2, 0) is 17.8 Å². The summed E-state index contributed by atoms with van der Waals surface area (Å²) < 4.78 is 4.06. The molecule has 7 nitrogen and oxygen atoms in total. The van der Waals surface area contributed by atoms with Crippen molar-refractivity contribution in [1.82, 2.24) is 24.5 Å². The Labute approximate surface area is 199 Å². The summed E-state index contributed by atoms with van der Waals surface area (Å²) in [5, 5.41) is 15.4. The van der Waals surface area contributed by atoms with Gasteiger partial charge in [-0.2, -0.15) is 5.10 Å². The summed E-state index contributed by atoms with van der Waals surface area (Å²) in [7, 11) is 0. The van der Waals surface area contributed by atoms with Crippen molar-refractivity contribution in [1.29, 1.82) is 0 Å². The van der Waals surface area contributed by atoms with Gasteiger partial charge in [-0.1, -0.05) is 60.3 Å². The molecule has 2 aromatic carbocycles. The van der Waals surface area contributed by atoms with Gasteiger partial charge in [-0.3, -0.25) is 4.79 Å². The normalized spacial score (nSPS) is 11.3. The maximum absolute atomic E-state index is 11.4. The Morgan fingerprint density at radius 2 is 1.79 bits per heavy atom. The van der Waals surface area contributed by atoms with Gasteiger partial charge in [0.05, 0.1) is 22.0 Å². The van der Waals surface area contributed by atoms with Gasteiger partial charge >= 0.3 is 0 Å². The molecule has 0 aliphatic heterocycles. The zero-order chi connectivity index (χ0) is 22.8. The lowest BCUT2D eigenvalue weighted by Crippen LogP contribution is -2.14. The number of hydrogen-bond acceptors (Lipinski definition) is 6. The Balaban J connectivity index is 1.54. The molecule has 0 saturated heterocycles. The average molecular weight is 475 g/mol. The second kappa shape index (κ2) is 9.21. The van der Waals surface area contributed by atoms with Gasteiger partial charge in [0.1, 0.15) is 4.83 Å². The van der Waals surface area contributed by atoms with Gasteiger partial charge < -0.3 is 10.3 Å². The number of nitrogens with zero attached hydrogens (tertiary/aromatic N) is 5. The van der Waals surface area contributed by atoms with Crippen molar-refractivity contribution in [3.63, 3.8) is 0 Å². The Morgan fingerprint density at radius 3 is 2.52 bits per heavy atom. The molecule has 5 rings (SSSR count). The quantitative estimate of drug-likeness (QED) is 0.335. The Kier molecular flexibility index (Phi) is 5.97. The summed E-state index contributed by atoms with van der Waals surface area (Å²) in [5.41, 5.74) is 8.59. The molecule has 33 heavy (non-hydrogen) atoms. The van der Waals surface area contributed by atoms with E-state index in [1.165, 1.54) is 17.3 Å². The average Bonchev–Trinajstić information content (AvgIpc) is 3.52. The van der Waals surface area contributed by atoms with E-state index in [1.54, 1.807) is 11.3 Å². The first kappa shape index (κ1) is 21.4. The van der Waals surface area contributed by atoms with E-state index < -0.39 is 0 Å². The number of thiophene rings is 1. The van der Waals surface area contributed by atoms with Crippen LogP contribution in [0, 0.1) is 6.92 Å². The van der Waals surface area contributed by atoms with E-state index in [1.807, 2.05) is 60.1 Å². The summed E-state index contributed by atoms with van der Waals surface area (Å²) in [6.07, 6.45) is 0.831. The van der Waals surface area contributed by atoms with Crippen LogP contribution in [0.25, 0.3) is 26.6 Å². The third-order valence-electron chi connectivity index (χ3n) is 5.29. The molecule has 9 heteroatoms. The number of benzene rings is 2. The van der Waals surface area contributed by atoms with Crippen LogP contribution in [0.15, 0.2) is 71.9 Å². The predicted molar refractivity (Wildman–Crippen MR) is 133 cm³/mol. The van der Waals surface area contributed by atoms with Gasteiger partial charge in [0.15, 0.2) is 11.0 Å². The SMILES string of the molecule is Cc1nn(-c2ccccc2)c2sc(-c3nnc(SCC(N)=O)n3CCc3ccccc3)cc12. The third-order valence-corrected chi connectivity index (χ3v) is 7.39. The van der Waals surface area contributed by atoms with E-state index in [0.717, 1.165) is 38.7 Å². The Hall–Kier alpha value is -3.43. The number of thioether (sulfide) groups is 1. The molecule has 0 unspecified atom stereocenters. The van der Waals surface area contributed by atoms with Gasteiger partial charge in [-0.25, -0.2) is 4.68 Å². The van der Waals surface area contributed by atoms with Crippen LogP contribution in [0.1, 0.15) is 11.3 Å². The highest BCUT2D eigenvalue weighted by atomic mass is 32.2. The fraction of sp³-hybridized carbons (Fsp3) is 0.167. The number of carbonyl (C=O) groups excluding carboxylic acids is 1. The molecule has 3 aromatic heterocycles. The molecule has 5 aromatic rings. The highest BCUT2D eigenvalue weighted by Gasteiger charge is 2.20. The minimum absolute atomic E-state index is 0.165. The van der Waals surface area contributed by atoms with Crippen molar-refractivity contribution in [3.05, 3.63) is 78.0 Å². The molecule has 1 amide bonds. The highest BCUT2D eigenvalue weighted by Crippen LogP contribution is 2.36. The van der Waals surface area contributed by atoms with Crippen molar-refractivity contribution >= 4 is 39.2 Å². The lowest BCUT2D eigenvalue weighted by atomic mass is 10.1. The number of fused-ring (bicyclic) bond motifs is 1. The number of carbonyl (C=O) groups is 1. The number of primary amides is 1. The zero-order valence-corrected chi connectivity index (χ0v) is 19.6. The van der Waals surface area contributed by atoms with Crippen molar-refractivity contribution < 1.29 is 4.79 Å². The maximum Gasteiger partial charge on any atom is 0.227 e. The Bertz CT molecular complexity index is 1410. The molecule has 0 spiro atoms. The first-order valence-electron chi connectivity index (χ1n) is 10.5. The smallest absolute Gasteiger partial charge is 0.227 e. The molecule has 0 saturated carbocycles. The summed E-state index contributed by atoms with van der Waals surface area (Å²) in [5.74, 6) is 0.579. The van der Waals surface area contributed by atoms with E-state index in [0.29, 0.717) is 11.7 Å². The fourth-order valence-corrected chi connectivity index (χ4v) is 5.58. The molecule has 0 radical (unpaired) electrons. The summed E-state index contributed by atoms with van der Waals surface area (Å²) in [6, 6.07) is 22.5. The molecule has 3 heterocycles. The fourth-order valence-electron chi connectivity index (χ4n) is 3.70. The van der Waals surface area contributed by atoms with E-state index >= 15 is 0 Å². The molecule has 0 atom stereocenters. The summed E-state index contributed by atoms with van der Waals surface area (Å²) in [4.78, 5) is 13.5. The van der Waals surface area contributed by atoms with Crippen molar-refractivity contribution in [2.45, 2.75) is 25.0 Å². The highest BCUT2D eigenvalue weighted by molar-refractivity contribution is 7.99. The molecule has 0 bridgehead atoms. The maximum atomic E-state index is 11.4. The number of hydrogen-bond donors (Lipinski definition) is 1. The van der Waals surface area contributed by atoms with Crippen LogP contribution in [0.4, 0.5) is 0 Å². The second-order valence-corrected chi connectivity index (χ2v) is 9.58.